The molecule has 0 aliphatic rings. The molecule has 0 unspecified atom stereocenters. The van der Waals surface area contributed by atoms with Gasteiger partial charge in [-0.05, 0) is 6.42 Å². The summed E-state index contributed by atoms with van der Waals surface area (Å²) in [5, 5.41) is 8.22. The molecule has 0 aromatic heterocycles. The quantitative estimate of drug-likeness (QED) is 0.512. The highest BCUT2D eigenvalue weighted by Gasteiger charge is 2.05. The number of hydrogen-bond acceptors (Lipinski definition) is 2. The van der Waals surface area contributed by atoms with Crippen molar-refractivity contribution in [2.24, 2.45) is 11.7 Å². The van der Waals surface area contributed by atoms with Crippen LogP contribution in [-0.2, 0) is 4.79 Å². The Morgan fingerprint density at radius 2 is 2.50 bits per heavy atom. The Hall–Kier alpha value is -0.570. The predicted octanol–water partition coefficient (Wildman–Crippen LogP) is -0.696. The fourth-order valence-corrected chi connectivity index (χ4v) is 0.274. The first-order valence-electron chi connectivity index (χ1n) is 2.42. The van der Waals surface area contributed by atoms with Crippen molar-refractivity contribution in [2.45, 2.75) is 6.92 Å². The van der Waals surface area contributed by atoms with Crippen LogP contribution >= 0.6 is 0 Å². The molecule has 1 amide bonds. The second kappa shape index (κ2) is 3.43. The maximum atomic E-state index is 10.2. The summed E-state index contributed by atoms with van der Waals surface area (Å²) in [6, 6.07) is 0. The molecule has 8 heavy (non-hydrogen) atoms. The van der Waals surface area contributed by atoms with Gasteiger partial charge in [0.05, 0.1) is 0 Å². The largest absolute Gasteiger partial charge is 0.396 e. The van der Waals surface area contributed by atoms with Gasteiger partial charge in [-0.2, -0.15) is 0 Å². The van der Waals surface area contributed by atoms with Gasteiger partial charge >= 0.3 is 0 Å². The standard InChI is InChI=1S/C5H10NO2/c1-4(2-3-7)5(6)8/h2,4,7H,3H2,1H3,(H2,6,8)/t4-/m1/s1. The number of aliphatic hydroxyl groups is 1. The van der Waals surface area contributed by atoms with E-state index in [4.69, 9.17) is 10.8 Å². The summed E-state index contributed by atoms with van der Waals surface area (Å²) in [5.74, 6) is -0.723. The number of primary amides is 1. The third kappa shape index (κ3) is 2.58. The third-order valence-electron chi connectivity index (χ3n) is 0.908. The maximum absolute atomic E-state index is 10.2. The summed E-state index contributed by atoms with van der Waals surface area (Å²) in [5.41, 5.74) is 4.84. The fraction of sp³-hybridized carbons (Fsp3) is 0.600. The van der Waals surface area contributed by atoms with Crippen molar-refractivity contribution in [3.05, 3.63) is 6.42 Å². The zero-order valence-corrected chi connectivity index (χ0v) is 4.79. The molecule has 0 saturated heterocycles. The van der Waals surface area contributed by atoms with Crippen molar-refractivity contribution in [1.82, 2.24) is 0 Å². The molecule has 0 aromatic carbocycles. The molecule has 0 fully saturated rings. The van der Waals surface area contributed by atoms with E-state index in [0.29, 0.717) is 0 Å². The lowest BCUT2D eigenvalue weighted by Crippen LogP contribution is -2.21. The highest BCUT2D eigenvalue weighted by atomic mass is 16.3. The molecule has 3 N–H and O–H groups in total. The van der Waals surface area contributed by atoms with Gasteiger partial charge in [0.2, 0.25) is 5.91 Å². The number of carbonyl (C=O) groups is 1. The van der Waals surface area contributed by atoms with Crippen LogP contribution in [-0.4, -0.2) is 17.6 Å². The van der Waals surface area contributed by atoms with E-state index in [1.54, 1.807) is 6.92 Å². The Morgan fingerprint density at radius 3 is 2.62 bits per heavy atom. The minimum absolute atomic E-state index is 0.0931. The van der Waals surface area contributed by atoms with Gasteiger partial charge in [-0.15, -0.1) is 0 Å². The summed E-state index contributed by atoms with van der Waals surface area (Å²) < 4.78 is 0. The van der Waals surface area contributed by atoms with E-state index in [9.17, 15) is 4.79 Å². The topological polar surface area (TPSA) is 63.3 Å². The normalized spacial score (nSPS) is 13.2. The van der Waals surface area contributed by atoms with Crippen LogP contribution in [0.25, 0.3) is 0 Å². The van der Waals surface area contributed by atoms with E-state index < -0.39 is 5.91 Å². The first-order valence-corrected chi connectivity index (χ1v) is 2.42. The van der Waals surface area contributed by atoms with Crippen LogP contribution in [0.4, 0.5) is 0 Å². The molecule has 0 rings (SSSR count). The lowest BCUT2D eigenvalue weighted by molar-refractivity contribution is -0.120. The Labute approximate surface area is 48.5 Å². The highest BCUT2D eigenvalue weighted by molar-refractivity contribution is 5.77. The van der Waals surface area contributed by atoms with E-state index in [0.717, 1.165) is 0 Å². The van der Waals surface area contributed by atoms with Crippen molar-refractivity contribution in [1.29, 1.82) is 0 Å². The van der Waals surface area contributed by atoms with Crippen molar-refractivity contribution < 1.29 is 9.90 Å². The molecular formula is C5H10NO2. The number of nitrogens with two attached hydrogens (primary N) is 1. The van der Waals surface area contributed by atoms with Gasteiger partial charge in [0.1, 0.15) is 0 Å². The fourth-order valence-electron chi connectivity index (χ4n) is 0.274. The van der Waals surface area contributed by atoms with Crippen LogP contribution in [0.3, 0.4) is 0 Å². The minimum atomic E-state index is -0.404. The number of rotatable bonds is 3. The van der Waals surface area contributed by atoms with Crippen molar-refractivity contribution >= 4 is 5.91 Å². The zero-order valence-electron chi connectivity index (χ0n) is 4.79. The second-order valence-electron chi connectivity index (χ2n) is 1.61. The van der Waals surface area contributed by atoms with E-state index in [1.807, 2.05) is 0 Å². The van der Waals surface area contributed by atoms with Gasteiger partial charge in [0.25, 0.3) is 0 Å². The summed E-state index contributed by atoms with van der Waals surface area (Å²) in [6.07, 6.45) is 1.45. The molecule has 47 valence electrons. The van der Waals surface area contributed by atoms with E-state index >= 15 is 0 Å². The first-order chi connectivity index (χ1) is 3.68. The van der Waals surface area contributed by atoms with E-state index in [1.165, 1.54) is 6.42 Å². The van der Waals surface area contributed by atoms with E-state index in [2.05, 4.69) is 0 Å². The van der Waals surface area contributed by atoms with Gasteiger partial charge in [-0.25, -0.2) is 0 Å². The monoisotopic (exact) mass is 116 g/mol. The van der Waals surface area contributed by atoms with Gasteiger partial charge in [-0.3, -0.25) is 4.79 Å². The average molecular weight is 116 g/mol. The molecule has 1 radical (unpaired) electrons. The highest BCUT2D eigenvalue weighted by Crippen LogP contribution is 1.95. The predicted molar refractivity (Wildman–Crippen MR) is 29.7 cm³/mol. The molecule has 0 bridgehead atoms. The van der Waals surface area contributed by atoms with Crippen LogP contribution in [0.15, 0.2) is 0 Å². The van der Waals surface area contributed by atoms with Crippen LogP contribution in [0.1, 0.15) is 6.92 Å². The molecule has 0 saturated carbocycles. The van der Waals surface area contributed by atoms with Gasteiger partial charge < -0.3 is 10.8 Å². The SMILES string of the molecule is C[C@H]([CH]CO)C(N)=O. The summed E-state index contributed by atoms with van der Waals surface area (Å²) >= 11 is 0. The van der Waals surface area contributed by atoms with Gasteiger partial charge in [0, 0.05) is 12.5 Å². The molecule has 0 spiro atoms. The molecule has 3 heteroatoms. The third-order valence-corrected chi connectivity index (χ3v) is 0.908. The van der Waals surface area contributed by atoms with Crippen molar-refractivity contribution in [3.8, 4) is 0 Å². The molecule has 0 aliphatic heterocycles. The number of carbonyl (C=O) groups excluding carboxylic acids is 1. The van der Waals surface area contributed by atoms with E-state index in [-0.39, 0.29) is 12.5 Å². The Morgan fingerprint density at radius 1 is 2.00 bits per heavy atom. The molecule has 1 atom stereocenters. The lowest BCUT2D eigenvalue weighted by Gasteiger charge is -2.00. The lowest BCUT2D eigenvalue weighted by atomic mass is 10.1. The first kappa shape index (κ1) is 7.43. The van der Waals surface area contributed by atoms with Crippen LogP contribution in [0.2, 0.25) is 0 Å². The maximum Gasteiger partial charge on any atom is 0.220 e. The summed E-state index contributed by atoms with van der Waals surface area (Å²) in [4.78, 5) is 10.2. The number of amides is 1. The van der Waals surface area contributed by atoms with Crippen molar-refractivity contribution in [3.63, 3.8) is 0 Å². The summed E-state index contributed by atoms with van der Waals surface area (Å²) in [6.45, 7) is 1.54. The van der Waals surface area contributed by atoms with Gasteiger partial charge in [-0.1, -0.05) is 6.92 Å². The average Bonchev–Trinajstić information content (AvgIpc) is 1.67. The summed E-state index contributed by atoms with van der Waals surface area (Å²) in [7, 11) is 0. The zero-order chi connectivity index (χ0) is 6.57. The van der Waals surface area contributed by atoms with Gasteiger partial charge in [0.15, 0.2) is 0 Å². The second-order valence-corrected chi connectivity index (χ2v) is 1.61. The smallest absolute Gasteiger partial charge is 0.220 e. The van der Waals surface area contributed by atoms with Crippen molar-refractivity contribution in [2.75, 3.05) is 6.61 Å². The molecular weight excluding hydrogens is 106 g/mol. The Bertz CT molecular complexity index is 82.5. The molecule has 3 nitrogen and oxygen atoms in total. The Kier molecular flexibility index (Phi) is 3.19. The molecule has 0 heterocycles. The number of aliphatic hydroxyl groups excluding tert-OH is 1. The number of hydrogen-bond donors (Lipinski definition) is 2. The van der Waals surface area contributed by atoms with Crippen LogP contribution in [0.5, 0.6) is 0 Å². The van der Waals surface area contributed by atoms with Crippen LogP contribution < -0.4 is 5.73 Å². The molecule has 0 aliphatic carbocycles. The Balaban J connectivity index is 3.32. The molecule has 0 aromatic rings. The van der Waals surface area contributed by atoms with Crippen LogP contribution in [0, 0.1) is 12.3 Å². The minimum Gasteiger partial charge on any atom is -0.396 e.